The molecule has 4 nitrogen and oxygen atoms in total. The van der Waals surface area contributed by atoms with Crippen LogP contribution in [0.5, 0.6) is 0 Å². The third-order valence-electron chi connectivity index (χ3n) is 3.39. The summed E-state index contributed by atoms with van der Waals surface area (Å²) in [5.41, 5.74) is 5.56. The summed E-state index contributed by atoms with van der Waals surface area (Å²) in [5, 5.41) is 0. The van der Waals surface area contributed by atoms with Crippen molar-refractivity contribution in [2.24, 2.45) is 0 Å². The minimum absolute atomic E-state index is 0.0184. The molecule has 6 heteroatoms. The number of halogens is 1. The summed E-state index contributed by atoms with van der Waals surface area (Å²) in [6, 6.07) is 2.46. The lowest BCUT2D eigenvalue weighted by Crippen LogP contribution is -2.25. The first kappa shape index (κ1) is 17.9. The molecule has 1 rings (SSSR count). The molecule has 0 fully saturated rings. The first-order chi connectivity index (χ1) is 9.88. The van der Waals surface area contributed by atoms with Gasteiger partial charge in [-0.15, -0.1) is 0 Å². The molecule has 0 saturated heterocycles. The second-order valence-corrected chi connectivity index (χ2v) is 7.08. The van der Waals surface area contributed by atoms with Crippen LogP contribution in [0.25, 0.3) is 0 Å². The number of hydrogen-bond donors (Lipinski definition) is 2. The number of sulfonamides is 1. The van der Waals surface area contributed by atoms with E-state index < -0.39 is 15.8 Å². The van der Waals surface area contributed by atoms with E-state index in [1.54, 1.807) is 0 Å². The number of rotatable bonds is 9. The SMILES string of the molecule is CCCCCCCCNS(=O)(=O)c1cc(C)c(F)c(N)c1. The molecule has 1 aromatic rings. The van der Waals surface area contributed by atoms with Crippen molar-refractivity contribution in [1.29, 1.82) is 0 Å². The van der Waals surface area contributed by atoms with E-state index in [4.69, 9.17) is 5.73 Å². The van der Waals surface area contributed by atoms with E-state index >= 15 is 0 Å². The lowest BCUT2D eigenvalue weighted by molar-refractivity contribution is 0.567. The zero-order valence-corrected chi connectivity index (χ0v) is 13.6. The summed E-state index contributed by atoms with van der Waals surface area (Å²) in [7, 11) is -3.62. The van der Waals surface area contributed by atoms with Gasteiger partial charge in [0.1, 0.15) is 5.82 Å². The van der Waals surface area contributed by atoms with Crippen molar-refractivity contribution in [3.05, 3.63) is 23.5 Å². The van der Waals surface area contributed by atoms with Gasteiger partial charge in [-0.1, -0.05) is 39.0 Å². The number of nitrogens with one attached hydrogen (secondary N) is 1. The summed E-state index contributed by atoms with van der Waals surface area (Å²) in [6.07, 6.45) is 6.54. The number of nitrogens with two attached hydrogens (primary N) is 1. The maximum absolute atomic E-state index is 13.4. The number of hydrogen-bond acceptors (Lipinski definition) is 3. The highest BCUT2D eigenvalue weighted by atomic mass is 32.2. The monoisotopic (exact) mass is 316 g/mol. The molecule has 21 heavy (non-hydrogen) atoms. The predicted molar refractivity (Wildman–Crippen MR) is 84.1 cm³/mol. The summed E-state index contributed by atoms with van der Waals surface area (Å²) in [6.45, 7) is 4.05. The molecule has 0 aliphatic rings. The van der Waals surface area contributed by atoms with E-state index in [2.05, 4.69) is 11.6 Å². The molecule has 0 heterocycles. The van der Waals surface area contributed by atoms with Crippen LogP contribution in [0.1, 0.15) is 51.0 Å². The Morgan fingerprint density at radius 3 is 2.38 bits per heavy atom. The van der Waals surface area contributed by atoms with Gasteiger partial charge in [0.2, 0.25) is 10.0 Å². The van der Waals surface area contributed by atoms with Crippen molar-refractivity contribution in [3.8, 4) is 0 Å². The van der Waals surface area contributed by atoms with Crippen molar-refractivity contribution >= 4 is 15.7 Å². The molecule has 0 amide bonds. The lowest BCUT2D eigenvalue weighted by atomic mass is 10.1. The molecule has 120 valence electrons. The Morgan fingerprint density at radius 1 is 1.14 bits per heavy atom. The third kappa shape index (κ3) is 5.63. The minimum atomic E-state index is -3.62. The molecule has 0 unspecified atom stereocenters. The Kier molecular flexibility index (Phi) is 7.11. The maximum Gasteiger partial charge on any atom is 0.240 e. The van der Waals surface area contributed by atoms with Gasteiger partial charge in [0.05, 0.1) is 10.6 Å². The van der Waals surface area contributed by atoms with Crippen molar-refractivity contribution in [2.45, 2.75) is 57.3 Å². The number of nitrogen functional groups attached to an aromatic ring is 1. The highest BCUT2D eigenvalue weighted by Crippen LogP contribution is 2.20. The van der Waals surface area contributed by atoms with Crippen molar-refractivity contribution in [1.82, 2.24) is 4.72 Å². The molecule has 0 bridgehead atoms. The zero-order valence-electron chi connectivity index (χ0n) is 12.8. The molecule has 0 aliphatic carbocycles. The fourth-order valence-corrected chi connectivity index (χ4v) is 3.31. The van der Waals surface area contributed by atoms with Gasteiger partial charge in [-0.2, -0.15) is 0 Å². The first-order valence-electron chi connectivity index (χ1n) is 7.43. The number of unbranched alkanes of at least 4 members (excludes halogenated alkanes) is 5. The van der Waals surface area contributed by atoms with E-state index in [0.29, 0.717) is 6.54 Å². The minimum Gasteiger partial charge on any atom is -0.396 e. The molecule has 0 aliphatic heterocycles. The summed E-state index contributed by atoms with van der Waals surface area (Å²) in [5.74, 6) is -0.565. The standard InChI is InChI=1S/C15H25FN2O2S/c1-3-4-5-6-7-8-9-18-21(19,20)13-10-12(2)15(16)14(17)11-13/h10-11,18H,3-9,17H2,1-2H3. The van der Waals surface area contributed by atoms with Crippen LogP contribution in [-0.2, 0) is 10.0 Å². The van der Waals surface area contributed by atoms with Gasteiger partial charge < -0.3 is 5.73 Å². The van der Waals surface area contributed by atoms with Gasteiger partial charge in [-0.3, -0.25) is 0 Å². The fourth-order valence-electron chi connectivity index (χ4n) is 2.11. The second kappa shape index (κ2) is 8.34. The highest BCUT2D eigenvalue weighted by Gasteiger charge is 2.16. The molecule has 0 aromatic heterocycles. The van der Waals surface area contributed by atoms with Crippen LogP contribution < -0.4 is 10.5 Å². The number of aryl methyl sites for hydroxylation is 1. The van der Waals surface area contributed by atoms with Gasteiger partial charge in [0, 0.05) is 6.54 Å². The van der Waals surface area contributed by atoms with E-state index in [0.717, 1.165) is 25.3 Å². The van der Waals surface area contributed by atoms with Gasteiger partial charge in [-0.25, -0.2) is 17.5 Å². The average Bonchev–Trinajstić information content (AvgIpc) is 2.43. The van der Waals surface area contributed by atoms with Crippen LogP contribution >= 0.6 is 0 Å². The van der Waals surface area contributed by atoms with E-state index in [1.165, 1.54) is 32.3 Å². The van der Waals surface area contributed by atoms with Crippen LogP contribution in [0.3, 0.4) is 0 Å². The van der Waals surface area contributed by atoms with Crippen LogP contribution in [-0.4, -0.2) is 15.0 Å². The van der Waals surface area contributed by atoms with Crippen LogP contribution in [0.2, 0.25) is 0 Å². The molecule has 0 atom stereocenters. The molecule has 1 aromatic carbocycles. The van der Waals surface area contributed by atoms with Crippen LogP contribution in [0.4, 0.5) is 10.1 Å². The van der Waals surface area contributed by atoms with Crippen LogP contribution in [0.15, 0.2) is 17.0 Å². The van der Waals surface area contributed by atoms with E-state index in [1.807, 2.05) is 0 Å². The number of benzene rings is 1. The fraction of sp³-hybridized carbons (Fsp3) is 0.600. The normalized spacial score (nSPS) is 11.8. The van der Waals surface area contributed by atoms with Crippen molar-refractivity contribution < 1.29 is 12.8 Å². The molecule has 0 saturated carbocycles. The zero-order chi connectivity index (χ0) is 15.9. The summed E-state index contributed by atoms with van der Waals surface area (Å²) < 4.78 is 40.1. The van der Waals surface area contributed by atoms with Gasteiger partial charge in [0.15, 0.2) is 0 Å². The second-order valence-electron chi connectivity index (χ2n) is 5.31. The highest BCUT2D eigenvalue weighted by molar-refractivity contribution is 7.89. The van der Waals surface area contributed by atoms with Gasteiger partial charge in [-0.05, 0) is 31.0 Å². The largest absolute Gasteiger partial charge is 0.396 e. The molecule has 0 radical (unpaired) electrons. The Balaban J connectivity index is 2.51. The number of anilines is 1. The molecular weight excluding hydrogens is 291 g/mol. The van der Waals surface area contributed by atoms with E-state index in [9.17, 15) is 12.8 Å². The lowest BCUT2D eigenvalue weighted by Gasteiger charge is -2.09. The van der Waals surface area contributed by atoms with Crippen LogP contribution in [0, 0.1) is 12.7 Å². The predicted octanol–water partition coefficient (Wildman–Crippen LogP) is 3.36. The molecular formula is C15H25FN2O2S. The molecule has 0 spiro atoms. The summed E-state index contributed by atoms with van der Waals surface area (Å²) in [4.78, 5) is 0.0184. The Morgan fingerprint density at radius 2 is 1.76 bits per heavy atom. The smallest absolute Gasteiger partial charge is 0.240 e. The van der Waals surface area contributed by atoms with Crippen molar-refractivity contribution in [2.75, 3.05) is 12.3 Å². The first-order valence-corrected chi connectivity index (χ1v) is 8.92. The average molecular weight is 316 g/mol. The Hall–Kier alpha value is -1.14. The topological polar surface area (TPSA) is 72.2 Å². The summed E-state index contributed by atoms with van der Waals surface area (Å²) >= 11 is 0. The van der Waals surface area contributed by atoms with Crippen molar-refractivity contribution in [3.63, 3.8) is 0 Å². The molecule has 3 N–H and O–H groups in total. The van der Waals surface area contributed by atoms with Gasteiger partial charge in [0.25, 0.3) is 0 Å². The Labute approximate surface area is 127 Å². The third-order valence-corrected chi connectivity index (χ3v) is 4.83. The Bertz CT molecular complexity index is 536. The van der Waals surface area contributed by atoms with Gasteiger partial charge >= 0.3 is 0 Å². The van der Waals surface area contributed by atoms with E-state index in [-0.39, 0.29) is 16.1 Å². The quantitative estimate of drug-likeness (QED) is 0.542. The maximum atomic E-state index is 13.4.